The summed E-state index contributed by atoms with van der Waals surface area (Å²) in [6, 6.07) is 7.69. The number of ether oxygens (including phenoxy) is 1. The van der Waals surface area contributed by atoms with Crippen LogP contribution in [0.25, 0.3) is 11.3 Å². The van der Waals surface area contributed by atoms with Gasteiger partial charge in [0.25, 0.3) is 0 Å². The van der Waals surface area contributed by atoms with Crippen LogP contribution >= 0.6 is 11.6 Å². The average Bonchev–Trinajstić information content (AvgIpc) is 2.78. The molecule has 0 saturated carbocycles. The molecule has 3 nitrogen and oxygen atoms in total. The third kappa shape index (κ3) is 2.04. The second-order valence-electron chi connectivity index (χ2n) is 3.19. The lowest BCUT2D eigenvalue weighted by Gasteiger charge is -2.08. The summed E-state index contributed by atoms with van der Waals surface area (Å²) in [5.41, 5.74) is 1.62. The van der Waals surface area contributed by atoms with Gasteiger partial charge >= 0.3 is 0 Å². The highest BCUT2D eigenvalue weighted by atomic mass is 35.5. The largest absolute Gasteiger partial charge is 0.493 e. The van der Waals surface area contributed by atoms with Crippen LogP contribution in [0.15, 0.2) is 35.1 Å². The second-order valence-corrected chi connectivity index (χ2v) is 3.46. The summed E-state index contributed by atoms with van der Waals surface area (Å²) in [5, 5.41) is 0. The van der Waals surface area contributed by atoms with Gasteiger partial charge in [-0.1, -0.05) is 12.1 Å². The first-order chi connectivity index (χ1) is 7.86. The van der Waals surface area contributed by atoms with Crippen molar-refractivity contribution >= 4 is 11.6 Å². The lowest BCUT2D eigenvalue weighted by Crippen LogP contribution is -1.94. The van der Waals surface area contributed by atoms with Gasteiger partial charge < -0.3 is 9.15 Å². The molecule has 0 N–H and O–H groups in total. The number of nitrogens with zero attached hydrogens (tertiary/aromatic N) is 1. The van der Waals surface area contributed by atoms with E-state index < -0.39 is 0 Å². The number of oxazole rings is 1. The molecule has 0 aliphatic rings. The van der Waals surface area contributed by atoms with Crippen LogP contribution in [-0.4, -0.2) is 11.6 Å². The number of halogens is 1. The van der Waals surface area contributed by atoms with Gasteiger partial charge in [0.1, 0.15) is 11.4 Å². The summed E-state index contributed by atoms with van der Waals surface area (Å²) in [7, 11) is 0. The van der Waals surface area contributed by atoms with Crippen molar-refractivity contribution in [1.82, 2.24) is 4.98 Å². The van der Waals surface area contributed by atoms with E-state index in [0.717, 1.165) is 17.0 Å². The van der Waals surface area contributed by atoms with Crippen LogP contribution in [0.2, 0.25) is 0 Å². The van der Waals surface area contributed by atoms with Gasteiger partial charge in [0.15, 0.2) is 12.2 Å². The predicted molar refractivity (Wildman–Crippen MR) is 62.7 cm³/mol. The quantitative estimate of drug-likeness (QED) is 0.764. The SMILES string of the molecule is CCOc1ccccc1-c1ocnc1CCl. The first kappa shape index (κ1) is 11.0. The van der Waals surface area contributed by atoms with Crippen LogP contribution in [0.4, 0.5) is 0 Å². The molecule has 84 valence electrons. The van der Waals surface area contributed by atoms with Gasteiger partial charge in [0, 0.05) is 0 Å². The molecule has 0 atom stereocenters. The third-order valence-corrected chi connectivity index (χ3v) is 2.45. The fourth-order valence-electron chi connectivity index (χ4n) is 1.52. The van der Waals surface area contributed by atoms with Crippen LogP contribution in [0, 0.1) is 0 Å². The van der Waals surface area contributed by atoms with Gasteiger partial charge in [-0.05, 0) is 19.1 Å². The Bertz CT molecular complexity index is 468. The van der Waals surface area contributed by atoms with E-state index in [2.05, 4.69) is 4.98 Å². The monoisotopic (exact) mass is 237 g/mol. The minimum atomic E-state index is 0.326. The van der Waals surface area contributed by atoms with Crippen LogP contribution < -0.4 is 4.74 Å². The zero-order valence-electron chi connectivity index (χ0n) is 8.94. The molecule has 1 aromatic carbocycles. The third-order valence-electron chi connectivity index (χ3n) is 2.20. The lowest BCUT2D eigenvalue weighted by molar-refractivity contribution is 0.340. The van der Waals surface area contributed by atoms with Crippen molar-refractivity contribution in [3.63, 3.8) is 0 Å². The van der Waals surface area contributed by atoms with Crippen molar-refractivity contribution in [2.45, 2.75) is 12.8 Å². The molecule has 0 amide bonds. The summed E-state index contributed by atoms with van der Waals surface area (Å²) in [6.07, 6.45) is 1.40. The van der Waals surface area contributed by atoms with Crippen molar-refractivity contribution in [1.29, 1.82) is 0 Å². The molecule has 1 aromatic heterocycles. The lowest BCUT2D eigenvalue weighted by atomic mass is 10.1. The number of alkyl halides is 1. The first-order valence-corrected chi connectivity index (χ1v) is 5.60. The molecule has 0 aliphatic heterocycles. The fourth-order valence-corrected chi connectivity index (χ4v) is 1.71. The van der Waals surface area contributed by atoms with Crippen LogP contribution in [0.5, 0.6) is 5.75 Å². The van der Waals surface area contributed by atoms with Gasteiger partial charge in [0.05, 0.1) is 18.1 Å². The van der Waals surface area contributed by atoms with Crippen molar-refractivity contribution in [3.05, 3.63) is 36.4 Å². The highest BCUT2D eigenvalue weighted by Gasteiger charge is 2.13. The zero-order valence-corrected chi connectivity index (χ0v) is 9.70. The summed E-state index contributed by atoms with van der Waals surface area (Å²) >= 11 is 5.79. The number of rotatable bonds is 4. The molecule has 0 fully saturated rings. The molecular formula is C12H12ClNO2. The second kappa shape index (κ2) is 5.03. The summed E-state index contributed by atoms with van der Waals surface area (Å²) in [5.74, 6) is 1.79. The van der Waals surface area contributed by atoms with Crippen LogP contribution in [0.1, 0.15) is 12.6 Å². The summed E-state index contributed by atoms with van der Waals surface area (Å²) < 4.78 is 10.9. The summed E-state index contributed by atoms with van der Waals surface area (Å²) in [6.45, 7) is 2.56. The Morgan fingerprint density at radius 3 is 2.94 bits per heavy atom. The standard InChI is InChI=1S/C12H12ClNO2/c1-2-15-11-6-4-3-5-9(11)12-10(7-13)14-8-16-12/h3-6,8H,2,7H2,1H3. The fraction of sp³-hybridized carbons (Fsp3) is 0.250. The molecule has 2 rings (SSSR count). The molecule has 0 radical (unpaired) electrons. The minimum absolute atomic E-state index is 0.326. The van der Waals surface area contributed by atoms with E-state index in [9.17, 15) is 0 Å². The molecule has 0 unspecified atom stereocenters. The Morgan fingerprint density at radius 2 is 2.19 bits per heavy atom. The Hall–Kier alpha value is -1.48. The highest BCUT2D eigenvalue weighted by Crippen LogP contribution is 2.32. The van der Waals surface area contributed by atoms with E-state index in [4.69, 9.17) is 20.8 Å². The first-order valence-electron chi connectivity index (χ1n) is 5.07. The predicted octanol–water partition coefficient (Wildman–Crippen LogP) is 3.48. The number of hydrogen-bond acceptors (Lipinski definition) is 3. The molecule has 0 spiro atoms. The van der Waals surface area contributed by atoms with Gasteiger partial charge in [-0.3, -0.25) is 0 Å². The van der Waals surface area contributed by atoms with Crippen molar-refractivity contribution in [2.75, 3.05) is 6.61 Å². The Kier molecular flexibility index (Phi) is 3.47. The maximum Gasteiger partial charge on any atom is 0.181 e. The van der Waals surface area contributed by atoms with Crippen molar-refractivity contribution in [3.8, 4) is 17.1 Å². The topological polar surface area (TPSA) is 35.3 Å². The molecule has 0 bridgehead atoms. The maximum absolute atomic E-state index is 5.79. The van der Waals surface area contributed by atoms with Crippen molar-refractivity contribution < 1.29 is 9.15 Å². The van der Waals surface area contributed by atoms with Crippen LogP contribution in [-0.2, 0) is 5.88 Å². The van der Waals surface area contributed by atoms with Gasteiger partial charge in [-0.15, -0.1) is 11.6 Å². The van der Waals surface area contributed by atoms with E-state index in [-0.39, 0.29) is 0 Å². The Labute approximate surface area is 99.0 Å². The zero-order chi connectivity index (χ0) is 11.4. The molecular weight excluding hydrogens is 226 g/mol. The highest BCUT2D eigenvalue weighted by molar-refractivity contribution is 6.17. The van der Waals surface area contributed by atoms with E-state index in [1.807, 2.05) is 31.2 Å². The molecule has 0 aliphatic carbocycles. The van der Waals surface area contributed by atoms with Gasteiger partial charge in [0.2, 0.25) is 0 Å². The van der Waals surface area contributed by atoms with Gasteiger partial charge in [-0.25, -0.2) is 4.98 Å². The Morgan fingerprint density at radius 1 is 1.38 bits per heavy atom. The number of benzene rings is 1. The molecule has 4 heteroatoms. The smallest absolute Gasteiger partial charge is 0.181 e. The van der Waals surface area contributed by atoms with E-state index in [0.29, 0.717) is 18.2 Å². The molecule has 2 aromatic rings. The van der Waals surface area contributed by atoms with E-state index in [1.165, 1.54) is 6.39 Å². The minimum Gasteiger partial charge on any atom is -0.493 e. The normalized spacial score (nSPS) is 10.4. The molecule has 0 saturated heterocycles. The Balaban J connectivity index is 2.46. The molecule has 16 heavy (non-hydrogen) atoms. The van der Waals surface area contributed by atoms with Crippen molar-refractivity contribution in [2.24, 2.45) is 0 Å². The van der Waals surface area contributed by atoms with E-state index in [1.54, 1.807) is 0 Å². The maximum atomic E-state index is 5.79. The molecule has 1 heterocycles. The average molecular weight is 238 g/mol. The number of para-hydroxylation sites is 1. The van der Waals surface area contributed by atoms with Gasteiger partial charge in [-0.2, -0.15) is 0 Å². The summed E-state index contributed by atoms with van der Waals surface area (Å²) in [4.78, 5) is 4.06. The van der Waals surface area contributed by atoms with E-state index >= 15 is 0 Å². The number of aromatic nitrogens is 1. The number of hydrogen-bond donors (Lipinski definition) is 0. The van der Waals surface area contributed by atoms with Crippen LogP contribution in [0.3, 0.4) is 0 Å².